The number of hydrogen-bond acceptors (Lipinski definition) is 4. The summed E-state index contributed by atoms with van der Waals surface area (Å²) in [7, 11) is 0. The number of nitrogens with one attached hydrogen (secondary N) is 3. The van der Waals surface area contributed by atoms with E-state index in [1.807, 2.05) is 43.3 Å². The van der Waals surface area contributed by atoms with Crippen LogP contribution in [-0.4, -0.2) is 25.0 Å². The van der Waals surface area contributed by atoms with E-state index < -0.39 is 0 Å². The third-order valence-corrected chi connectivity index (χ3v) is 4.10. The standard InChI is InChI=1S/C22H29N3O3/c1-5-21(26)24-17-10-8-11-18(16(17)4)25-22(27)13-23-19-9-6-7-12-20(19)28-14-15(2)3/h6-12,15,23H,5,13-14H2,1-4H3,(H,24,26)(H,25,27). The van der Waals surface area contributed by atoms with Crippen LogP contribution < -0.4 is 20.7 Å². The SMILES string of the molecule is CCC(=O)Nc1cccc(NC(=O)CNc2ccccc2OCC(C)C)c1C. The normalized spacial score (nSPS) is 10.5. The average Bonchev–Trinajstić information content (AvgIpc) is 2.68. The van der Waals surface area contributed by atoms with Crippen LogP contribution in [0.25, 0.3) is 0 Å². The number of benzene rings is 2. The van der Waals surface area contributed by atoms with Crippen LogP contribution in [0.1, 0.15) is 32.8 Å². The maximum absolute atomic E-state index is 12.4. The molecular weight excluding hydrogens is 354 g/mol. The molecule has 6 heteroatoms. The number of para-hydroxylation sites is 2. The number of rotatable bonds is 9. The molecule has 0 radical (unpaired) electrons. The molecule has 150 valence electrons. The monoisotopic (exact) mass is 383 g/mol. The van der Waals surface area contributed by atoms with E-state index in [0.29, 0.717) is 30.3 Å². The highest BCUT2D eigenvalue weighted by atomic mass is 16.5. The van der Waals surface area contributed by atoms with Crippen LogP contribution in [-0.2, 0) is 9.59 Å². The molecule has 0 heterocycles. The molecule has 3 N–H and O–H groups in total. The van der Waals surface area contributed by atoms with Gasteiger partial charge in [-0.05, 0) is 42.7 Å². The second-order valence-electron chi connectivity index (χ2n) is 6.98. The molecule has 28 heavy (non-hydrogen) atoms. The molecule has 0 saturated heterocycles. The van der Waals surface area contributed by atoms with Gasteiger partial charge < -0.3 is 20.7 Å². The van der Waals surface area contributed by atoms with E-state index in [1.54, 1.807) is 13.0 Å². The van der Waals surface area contributed by atoms with Crippen LogP contribution >= 0.6 is 0 Å². The molecule has 2 amide bonds. The van der Waals surface area contributed by atoms with Gasteiger partial charge in [0.05, 0.1) is 18.8 Å². The van der Waals surface area contributed by atoms with Gasteiger partial charge in [0.2, 0.25) is 11.8 Å². The molecule has 0 aliphatic carbocycles. The largest absolute Gasteiger partial charge is 0.491 e. The fourth-order valence-electron chi connectivity index (χ4n) is 2.51. The molecule has 0 atom stereocenters. The van der Waals surface area contributed by atoms with Crippen molar-refractivity contribution in [3.8, 4) is 5.75 Å². The third-order valence-electron chi connectivity index (χ3n) is 4.10. The van der Waals surface area contributed by atoms with Crippen LogP contribution in [0, 0.1) is 12.8 Å². The molecule has 0 unspecified atom stereocenters. The molecule has 6 nitrogen and oxygen atoms in total. The fourth-order valence-corrected chi connectivity index (χ4v) is 2.51. The number of anilines is 3. The molecule has 0 aliphatic rings. The van der Waals surface area contributed by atoms with Gasteiger partial charge in [0, 0.05) is 17.8 Å². The summed E-state index contributed by atoms with van der Waals surface area (Å²) in [6.07, 6.45) is 0.401. The quantitative estimate of drug-likeness (QED) is 0.598. The summed E-state index contributed by atoms with van der Waals surface area (Å²) < 4.78 is 5.80. The third kappa shape index (κ3) is 6.30. The highest BCUT2D eigenvalue weighted by molar-refractivity contribution is 5.97. The van der Waals surface area contributed by atoms with Gasteiger partial charge in [-0.3, -0.25) is 9.59 Å². The smallest absolute Gasteiger partial charge is 0.243 e. The highest BCUT2D eigenvalue weighted by Gasteiger charge is 2.10. The molecule has 0 bridgehead atoms. The lowest BCUT2D eigenvalue weighted by molar-refractivity contribution is -0.116. The molecule has 0 saturated carbocycles. The topological polar surface area (TPSA) is 79.5 Å². The predicted molar refractivity (Wildman–Crippen MR) is 114 cm³/mol. The molecular formula is C22H29N3O3. The van der Waals surface area contributed by atoms with Gasteiger partial charge in [0.1, 0.15) is 5.75 Å². The van der Waals surface area contributed by atoms with Gasteiger partial charge in [-0.25, -0.2) is 0 Å². The van der Waals surface area contributed by atoms with Gasteiger partial charge >= 0.3 is 0 Å². The molecule has 0 aliphatic heterocycles. The van der Waals surface area contributed by atoms with E-state index in [-0.39, 0.29) is 18.4 Å². The first-order valence-electron chi connectivity index (χ1n) is 9.55. The average molecular weight is 383 g/mol. The van der Waals surface area contributed by atoms with Gasteiger partial charge in [-0.1, -0.05) is 39.0 Å². The van der Waals surface area contributed by atoms with Crippen molar-refractivity contribution in [1.82, 2.24) is 0 Å². The van der Waals surface area contributed by atoms with Crippen LogP contribution in [0.15, 0.2) is 42.5 Å². The Balaban J connectivity index is 1.98. The maximum Gasteiger partial charge on any atom is 0.243 e. The van der Waals surface area contributed by atoms with Crippen molar-refractivity contribution in [3.05, 3.63) is 48.0 Å². The summed E-state index contributed by atoms with van der Waals surface area (Å²) >= 11 is 0. The Morgan fingerprint density at radius 3 is 2.18 bits per heavy atom. The van der Waals surface area contributed by atoms with Crippen molar-refractivity contribution in [2.75, 3.05) is 29.1 Å². The summed E-state index contributed by atoms with van der Waals surface area (Å²) in [5.41, 5.74) is 2.97. The van der Waals surface area contributed by atoms with Crippen molar-refractivity contribution in [2.24, 2.45) is 5.92 Å². The van der Waals surface area contributed by atoms with Gasteiger partial charge in [-0.2, -0.15) is 0 Å². The van der Waals surface area contributed by atoms with Crippen LogP contribution in [0.3, 0.4) is 0 Å². The van der Waals surface area contributed by atoms with E-state index in [4.69, 9.17) is 4.74 Å². The van der Waals surface area contributed by atoms with Gasteiger partial charge in [0.25, 0.3) is 0 Å². The zero-order chi connectivity index (χ0) is 20.5. The van der Waals surface area contributed by atoms with Gasteiger partial charge in [-0.15, -0.1) is 0 Å². The number of hydrogen-bond donors (Lipinski definition) is 3. The van der Waals surface area contributed by atoms with Crippen LogP contribution in [0.4, 0.5) is 17.1 Å². The van der Waals surface area contributed by atoms with Crippen molar-refractivity contribution >= 4 is 28.9 Å². The Labute approximate surface area is 166 Å². The van der Waals surface area contributed by atoms with Crippen molar-refractivity contribution in [3.63, 3.8) is 0 Å². The van der Waals surface area contributed by atoms with Crippen LogP contribution in [0.5, 0.6) is 5.75 Å². The summed E-state index contributed by atoms with van der Waals surface area (Å²) in [6, 6.07) is 13.0. The Morgan fingerprint density at radius 1 is 0.929 bits per heavy atom. The Hall–Kier alpha value is -3.02. The summed E-state index contributed by atoms with van der Waals surface area (Å²) in [5.74, 6) is 0.899. The lowest BCUT2D eigenvalue weighted by Gasteiger charge is -2.15. The summed E-state index contributed by atoms with van der Waals surface area (Å²) in [5, 5.41) is 8.85. The van der Waals surface area contributed by atoms with E-state index in [1.165, 1.54) is 0 Å². The first-order valence-corrected chi connectivity index (χ1v) is 9.55. The molecule has 2 aromatic carbocycles. The lowest BCUT2D eigenvalue weighted by Crippen LogP contribution is -2.23. The maximum atomic E-state index is 12.4. The molecule has 0 spiro atoms. The Bertz CT molecular complexity index is 818. The first-order chi connectivity index (χ1) is 13.4. The van der Waals surface area contributed by atoms with Crippen molar-refractivity contribution in [2.45, 2.75) is 34.1 Å². The fraction of sp³-hybridized carbons (Fsp3) is 0.364. The minimum absolute atomic E-state index is 0.0637. The highest BCUT2D eigenvalue weighted by Crippen LogP contribution is 2.25. The predicted octanol–water partition coefficient (Wildman–Crippen LogP) is 4.43. The Morgan fingerprint density at radius 2 is 1.54 bits per heavy atom. The summed E-state index contributed by atoms with van der Waals surface area (Å²) in [4.78, 5) is 24.0. The number of ether oxygens (including phenoxy) is 1. The van der Waals surface area contributed by atoms with E-state index >= 15 is 0 Å². The minimum atomic E-state index is -0.180. The van der Waals surface area contributed by atoms with Crippen molar-refractivity contribution < 1.29 is 14.3 Å². The number of amides is 2. The molecule has 0 aromatic heterocycles. The Kier molecular flexibility index (Phi) is 7.87. The second-order valence-corrected chi connectivity index (χ2v) is 6.98. The van der Waals surface area contributed by atoms with E-state index in [9.17, 15) is 9.59 Å². The zero-order valence-corrected chi connectivity index (χ0v) is 17.0. The van der Waals surface area contributed by atoms with Crippen LogP contribution in [0.2, 0.25) is 0 Å². The summed E-state index contributed by atoms with van der Waals surface area (Å²) in [6.45, 7) is 8.55. The van der Waals surface area contributed by atoms with Gasteiger partial charge in [0.15, 0.2) is 0 Å². The van der Waals surface area contributed by atoms with E-state index in [2.05, 4.69) is 29.8 Å². The molecule has 0 fully saturated rings. The van der Waals surface area contributed by atoms with E-state index in [0.717, 1.165) is 17.0 Å². The second kappa shape index (κ2) is 10.3. The first kappa shape index (κ1) is 21.3. The molecule has 2 rings (SSSR count). The van der Waals surface area contributed by atoms with Crippen molar-refractivity contribution in [1.29, 1.82) is 0 Å². The minimum Gasteiger partial charge on any atom is -0.491 e. The zero-order valence-electron chi connectivity index (χ0n) is 17.0. The number of carbonyl (C=O) groups excluding carboxylic acids is 2. The lowest BCUT2D eigenvalue weighted by atomic mass is 10.1. The molecule has 2 aromatic rings. The number of carbonyl (C=O) groups is 2.